The second-order valence-electron chi connectivity index (χ2n) is 3.77. The molecule has 84 valence electrons. The molecule has 1 aromatic carbocycles. The van der Waals surface area contributed by atoms with Crippen molar-refractivity contribution in [3.63, 3.8) is 0 Å². The molecule has 16 heavy (non-hydrogen) atoms. The van der Waals surface area contributed by atoms with Crippen LogP contribution < -0.4 is 0 Å². The largest absolute Gasteiger partial charge is 0.263 e. The number of aryl methyl sites for hydroxylation is 1. The van der Waals surface area contributed by atoms with Gasteiger partial charge in [0.15, 0.2) is 5.82 Å². The van der Waals surface area contributed by atoms with Crippen molar-refractivity contribution in [1.82, 2.24) is 15.2 Å². The normalized spacial score (nSPS) is 10.7. The van der Waals surface area contributed by atoms with Crippen LogP contribution in [0.1, 0.15) is 24.7 Å². The van der Waals surface area contributed by atoms with Crippen LogP contribution in [0.25, 0.3) is 11.4 Å². The van der Waals surface area contributed by atoms with E-state index in [0.29, 0.717) is 0 Å². The second kappa shape index (κ2) is 4.66. The zero-order chi connectivity index (χ0) is 11.5. The molecule has 0 bridgehead atoms. The molecule has 0 radical (unpaired) electrons. The van der Waals surface area contributed by atoms with Gasteiger partial charge in [-0.25, -0.2) is 4.98 Å². The van der Waals surface area contributed by atoms with Gasteiger partial charge < -0.3 is 0 Å². The molecular weight excluding hydrogens is 222 g/mol. The first-order valence-corrected chi connectivity index (χ1v) is 5.77. The van der Waals surface area contributed by atoms with Gasteiger partial charge in [-0.1, -0.05) is 30.7 Å². The highest BCUT2D eigenvalue weighted by molar-refractivity contribution is 6.31. The van der Waals surface area contributed by atoms with Crippen molar-refractivity contribution in [2.45, 2.75) is 26.7 Å². The van der Waals surface area contributed by atoms with Crippen molar-refractivity contribution >= 4 is 11.6 Å². The van der Waals surface area contributed by atoms with E-state index in [2.05, 4.69) is 22.1 Å². The Bertz CT molecular complexity index is 491. The first-order chi connectivity index (χ1) is 7.72. The fourth-order valence-corrected chi connectivity index (χ4v) is 1.79. The molecule has 3 nitrogen and oxygen atoms in total. The minimum Gasteiger partial charge on any atom is -0.263 e. The fraction of sp³-hybridized carbons (Fsp3) is 0.333. The Balaban J connectivity index is 2.39. The number of aromatic amines is 1. The summed E-state index contributed by atoms with van der Waals surface area (Å²) < 4.78 is 0. The molecule has 2 aromatic rings. The molecule has 1 aromatic heterocycles. The lowest BCUT2D eigenvalue weighted by atomic mass is 10.1. The van der Waals surface area contributed by atoms with E-state index < -0.39 is 0 Å². The molecule has 4 heteroatoms. The van der Waals surface area contributed by atoms with E-state index >= 15 is 0 Å². The molecule has 0 saturated heterocycles. The van der Waals surface area contributed by atoms with Crippen LogP contribution in [-0.2, 0) is 6.42 Å². The predicted molar refractivity (Wildman–Crippen MR) is 65.6 cm³/mol. The van der Waals surface area contributed by atoms with E-state index in [1.807, 2.05) is 25.1 Å². The molecule has 0 saturated carbocycles. The lowest BCUT2D eigenvalue weighted by Crippen LogP contribution is -1.87. The number of H-pyrrole nitrogens is 1. The summed E-state index contributed by atoms with van der Waals surface area (Å²) in [5, 5.41) is 7.91. The molecule has 0 spiro atoms. The SMILES string of the molecule is CCCc1nc(-c2cccc(Cl)c2C)n[nH]1. The molecule has 0 aliphatic heterocycles. The Morgan fingerprint density at radius 2 is 2.19 bits per heavy atom. The summed E-state index contributed by atoms with van der Waals surface area (Å²) in [5.74, 6) is 1.65. The third kappa shape index (κ3) is 2.09. The van der Waals surface area contributed by atoms with Gasteiger partial charge in [0.2, 0.25) is 0 Å². The number of rotatable bonds is 3. The number of benzene rings is 1. The summed E-state index contributed by atoms with van der Waals surface area (Å²) >= 11 is 6.07. The maximum atomic E-state index is 6.07. The van der Waals surface area contributed by atoms with E-state index in [1.54, 1.807) is 0 Å². The average Bonchev–Trinajstić information content (AvgIpc) is 2.71. The van der Waals surface area contributed by atoms with Crippen molar-refractivity contribution in [2.24, 2.45) is 0 Å². The maximum absolute atomic E-state index is 6.07. The van der Waals surface area contributed by atoms with Gasteiger partial charge in [-0.2, -0.15) is 5.10 Å². The monoisotopic (exact) mass is 235 g/mol. The highest BCUT2D eigenvalue weighted by atomic mass is 35.5. The van der Waals surface area contributed by atoms with Crippen molar-refractivity contribution in [1.29, 1.82) is 0 Å². The zero-order valence-corrected chi connectivity index (χ0v) is 10.2. The molecule has 0 atom stereocenters. The number of nitrogens with one attached hydrogen (secondary N) is 1. The summed E-state index contributed by atoms with van der Waals surface area (Å²) in [7, 11) is 0. The van der Waals surface area contributed by atoms with E-state index in [0.717, 1.165) is 40.6 Å². The number of nitrogens with zero attached hydrogens (tertiary/aromatic N) is 2. The van der Waals surface area contributed by atoms with Crippen LogP contribution in [0.4, 0.5) is 0 Å². The Kier molecular flexibility index (Phi) is 3.25. The summed E-state index contributed by atoms with van der Waals surface area (Å²) in [4.78, 5) is 4.45. The van der Waals surface area contributed by atoms with Gasteiger partial charge in [0.1, 0.15) is 5.82 Å². The van der Waals surface area contributed by atoms with Gasteiger partial charge in [0.05, 0.1) is 0 Å². The highest BCUT2D eigenvalue weighted by Crippen LogP contribution is 2.25. The van der Waals surface area contributed by atoms with Crippen LogP contribution in [0, 0.1) is 6.92 Å². The van der Waals surface area contributed by atoms with E-state index in [9.17, 15) is 0 Å². The van der Waals surface area contributed by atoms with E-state index in [4.69, 9.17) is 11.6 Å². The molecule has 0 fully saturated rings. The number of aromatic nitrogens is 3. The summed E-state index contributed by atoms with van der Waals surface area (Å²) in [6.07, 6.45) is 1.98. The topological polar surface area (TPSA) is 41.6 Å². The Morgan fingerprint density at radius 1 is 1.38 bits per heavy atom. The summed E-state index contributed by atoms with van der Waals surface area (Å²) in [5.41, 5.74) is 2.01. The van der Waals surface area contributed by atoms with Crippen LogP contribution in [0.3, 0.4) is 0 Å². The Labute approximate surface area is 99.9 Å². The van der Waals surface area contributed by atoms with Crippen molar-refractivity contribution < 1.29 is 0 Å². The van der Waals surface area contributed by atoms with Gasteiger partial charge in [-0.05, 0) is 25.0 Å². The van der Waals surface area contributed by atoms with E-state index in [-0.39, 0.29) is 0 Å². The summed E-state index contributed by atoms with van der Waals surface area (Å²) in [6.45, 7) is 4.10. The van der Waals surface area contributed by atoms with Crippen LogP contribution in [0.2, 0.25) is 5.02 Å². The lowest BCUT2D eigenvalue weighted by Gasteiger charge is -2.02. The average molecular weight is 236 g/mol. The quantitative estimate of drug-likeness (QED) is 0.886. The second-order valence-corrected chi connectivity index (χ2v) is 4.18. The predicted octanol–water partition coefficient (Wildman–Crippen LogP) is 3.39. The molecule has 0 aliphatic rings. The molecule has 0 amide bonds. The third-order valence-corrected chi connectivity index (χ3v) is 2.94. The molecular formula is C12H14ClN3. The van der Waals surface area contributed by atoms with Crippen molar-refractivity contribution in [3.05, 3.63) is 34.6 Å². The minimum atomic E-state index is 0.725. The first-order valence-electron chi connectivity index (χ1n) is 5.39. The molecule has 0 aliphatic carbocycles. The lowest BCUT2D eigenvalue weighted by molar-refractivity contribution is 0.841. The van der Waals surface area contributed by atoms with Crippen LogP contribution in [0.15, 0.2) is 18.2 Å². The minimum absolute atomic E-state index is 0.725. The van der Waals surface area contributed by atoms with Gasteiger partial charge in [-0.3, -0.25) is 5.10 Å². The van der Waals surface area contributed by atoms with Gasteiger partial charge in [-0.15, -0.1) is 0 Å². The smallest absolute Gasteiger partial charge is 0.181 e. The molecule has 2 rings (SSSR count). The Morgan fingerprint density at radius 3 is 2.94 bits per heavy atom. The molecule has 0 unspecified atom stereocenters. The van der Waals surface area contributed by atoms with Crippen molar-refractivity contribution in [3.8, 4) is 11.4 Å². The van der Waals surface area contributed by atoms with E-state index in [1.165, 1.54) is 0 Å². The summed E-state index contributed by atoms with van der Waals surface area (Å²) in [6, 6.07) is 5.78. The number of halogens is 1. The highest BCUT2D eigenvalue weighted by Gasteiger charge is 2.09. The van der Waals surface area contributed by atoms with Crippen LogP contribution in [0.5, 0.6) is 0 Å². The standard InChI is InChI=1S/C12H14ClN3/c1-3-5-11-14-12(16-15-11)9-6-4-7-10(13)8(9)2/h4,6-7H,3,5H2,1-2H3,(H,14,15,16). The van der Waals surface area contributed by atoms with Gasteiger partial charge in [0, 0.05) is 17.0 Å². The van der Waals surface area contributed by atoms with Crippen molar-refractivity contribution in [2.75, 3.05) is 0 Å². The number of hydrogen-bond donors (Lipinski definition) is 1. The first kappa shape index (κ1) is 11.1. The van der Waals surface area contributed by atoms with Crippen LogP contribution in [-0.4, -0.2) is 15.2 Å². The third-order valence-electron chi connectivity index (χ3n) is 2.53. The fourth-order valence-electron chi connectivity index (χ4n) is 1.61. The molecule has 1 heterocycles. The van der Waals surface area contributed by atoms with Gasteiger partial charge in [0.25, 0.3) is 0 Å². The number of hydrogen-bond acceptors (Lipinski definition) is 2. The zero-order valence-electron chi connectivity index (χ0n) is 9.42. The van der Waals surface area contributed by atoms with Crippen LogP contribution >= 0.6 is 11.6 Å². The Hall–Kier alpha value is -1.35. The van der Waals surface area contributed by atoms with Gasteiger partial charge >= 0.3 is 0 Å². The molecule has 1 N–H and O–H groups in total. The maximum Gasteiger partial charge on any atom is 0.181 e.